The molecule has 0 amide bonds. The Labute approximate surface area is 148 Å². The minimum atomic E-state index is -1.09. The van der Waals surface area contributed by atoms with Crippen LogP contribution in [0.15, 0.2) is 18.2 Å². The maximum atomic E-state index is 14.0. The summed E-state index contributed by atoms with van der Waals surface area (Å²) in [6, 6.07) is 4.85. The number of ether oxygens (including phenoxy) is 1. The summed E-state index contributed by atoms with van der Waals surface area (Å²) < 4.78 is 35.2. The molecule has 0 aromatic heterocycles. The monoisotopic (exact) mass is 355 g/mol. The molecule has 1 aliphatic rings. The molecule has 0 bridgehead atoms. The van der Waals surface area contributed by atoms with E-state index < -0.39 is 11.4 Å². The first kappa shape index (κ1) is 19.5. The molecule has 1 fully saturated rings. The van der Waals surface area contributed by atoms with Crippen molar-refractivity contribution >= 4 is 11.4 Å². The third-order valence-electron chi connectivity index (χ3n) is 4.26. The van der Waals surface area contributed by atoms with E-state index in [4.69, 9.17) is 4.74 Å². The number of halogens is 1. The molecular formula is C19H30FNO2S. The van der Waals surface area contributed by atoms with Crippen LogP contribution in [0, 0.1) is 17.2 Å². The van der Waals surface area contributed by atoms with Crippen LogP contribution in [-0.2, 0) is 11.4 Å². The van der Waals surface area contributed by atoms with E-state index in [1.165, 1.54) is 18.9 Å². The second-order valence-corrected chi connectivity index (χ2v) is 9.10. The van der Waals surface area contributed by atoms with E-state index in [1.807, 2.05) is 0 Å². The maximum absolute atomic E-state index is 14.0. The lowest BCUT2D eigenvalue weighted by Crippen LogP contribution is -2.37. The van der Waals surface area contributed by atoms with Gasteiger partial charge in [0.05, 0.1) is 12.6 Å². The van der Waals surface area contributed by atoms with Gasteiger partial charge in [-0.05, 0) is 48.3 Å². The van der Waals surface area contributed by atoms with Gasteiger partial charge in [-0.1, -0.05) is 40.2 Å². The average molecular weight is 356 g/mol. The van der Waals surface area contributed by atoms with Crippen molar-refractivity contribution in [2.75, 3.05) is 12.4 Å². The lowest BCUT2D eigenvalue weighted by Gasteiger charge is -2.32. The van der Waals surface area contributed by atoms with E-state index in [9.17, 15) is 8.94 Å². The number of benzene rings is 1. The molecule has 5 heteroatoms. The molecule has 1 unspecified atom stereocenters. The van der Waals surface area contributed by atoms with Gasteiger partial charge < -0.3 is 9.29 Å². The van der Waals surface area contributed by atoms with Crippen LogP contribution in [0.4, 0.5) is 4.39 Å². The van der Waals surface area contributed by atoms with Gasteiger partial charge in [-0.15, -0.1) is 4.72 Å². The van der Waals surface area contributed by atoms with Crippen LogP contribution in [-0.4, -0.2) is 16.9 Å². The van der Waals surface area contributed by atoms with Crippen molar-refractivity contribution < 1.29 is 13.7 Å². The zero-order chi connectivity index (χ0) is 17.7. The highest BCUT2D eigenvalue weighted by atomic mass is 32.2. The molecular weight excluding hydrogens is 325 g/mol. The van der Waals surface area contributed by atoms with Crippen LogP contribution in [0.25, 0.3) is 0 Å². The highest BCUT2D eigenvalue weighted by Crippen LogP contribution is 2.36. The van der Waals surface area contributed by atoms with Gasteiger partial charge in [0.1, 0.15) is 5.75 Å². The second-order valence-electron chi connectivity index (χ2n) is 7.76. The summed E-state index contributed by atoms with van der Waals surface area (Å²) in [6.45, 7) is 8.94. The lowest BCUT2D eigenvalue weighted by molar-refractivity contribution is 0.280. The van der Waals surface area contributed by atoms with Crippen LogP contribution in [0.1, 0.15) is 65.0 Å². The van der Waals surface area contributed by atoms with E-state index in [0.717, 1.165) is 18.4 Å². The van der Waals surface area contributed by atoms with E-state index in [2.05, 4.69) is 32.4 Å². The minimum Gasteiger partial charge on any atom is -0.598 e. The smallest absolute Gasteiger partial charge is 0.165 e. The molecule has 2 atom stereocenters. The molecule has 1 N–H and O–H groups in total. The molecule has 1 aromatic carbocycles. The van der Waals surface area contributed by atoms with Gasteiger partial charge in [-0.3, -0.25) is 0 Å². The first-order valence-electron chi connectivity index (χ1n) is 8.88. The van der Waals surface area contributed by atoms with Crippen LogP contribution >= 0.6 is 0 Å². The van der Waals surface area contributed by atoms with Crippen LogP contribution in [0.2, 0.25) is 0 Å². The molecule has 0 radical (unpaired) electrons. The predicted octanol–water partition coefficient (Wildman–Crippen LogP) is 4.76. The molecule has 2 rings (SSSR count). The third kappa shape index (κ3) is 5.94. The molecule has 3 nitrogen and oxygen atoms in total. The first-order chi connectivity index (χ1) is 11.3. The van der Waals surface area contributed by atoms with Crippen molar-refractivity contribution in [2.24, 2.45) is 11.3 Å². The minimum absolute atomic E-state index is 0.126. The molecule has 1 aliphatic carbocycles. The highest BCUT2D eigenvalue weighted by molar-refractivity contribution is 7.89. The molecule has 1 aromatic rings. The Kier molecular flexibility index (Phi) is 6.96. The van der Waals surface area contributed by atoms with Gasteiger partial charge in [0.2, 0.25) is 0 Å². The molecule has 0 saturated heterocycles. The Morgan fingerprint density at radius 1 is 1.38 bits per heavy atom. The van der Waals surface area contributed by atoms with Crippen molar-refractivity contribution in [3.63, 3.8) is 0 Å². The van der Waals surface area contributed by atoms with Crippen LogP contribution in [0.3, 0.4) is 0 Å². The highest BCUT2D eigenvalue weighted by Gasteiger charge is 2.31. The number of rotatable bonds is 9. The summed E-state index contributed by atoms with van der Waals surface area (Å²) in [7, 11) is 0. The summed E-state index contributed by atoms with van der Waals surface area (Å²) in [4.78, 5) is 0. The number of hydrogen-bond acceptors (Lipinski definition) is 3. The van der Waals surface area contributed by atoms with Crippen molar-refractivity contribution in [2.45, 2.75) is 59.4 Å². The molecule has 1 saturated carbocycles. The summed E-state index contributed by atoms with van der Waals surface area (Å²) in [5.41, 5.74) is 0.771. The SMILES string of the molecule is CCCC[S@+]([O-])NC(c1ccc(F)c(OCC2CC2)c1)C(C)(C)C. The van der Waals surface area contributed by atoms with E-state index in [0.29, 0.717) is 24.0 Å². The van der Waals surface area contributed by atoms with Crippen LogP contribution < -0.4 is 9.46 Å². The van der Waals surface area contributed by atoms with E-state index in [1.54, 1.807) is 12.1 Å². The van der Waals surface area contributed by atoms with Gasteiger partial charge >= 0.3 is 0 Å². The number of unbranched alkanes of at least 4 members (excludes halogenated alkanes) is 1. The van der Waals surface area contributed by atoms with Gasteiger partial charge in [0.15, 0.2) is 11.6 Å². The quantitative estimate of drug-likeness (QED) is 0.650. The van der Waals surface area contributed by atoms with Crippen LogP contribution in [0.5, 0.6) is 5.75 Å². The van der Waals surface area contributed by atoms with Crippen molar-refractivity contribution in [1.82, 2.24) is 4.72 Å². The third-order valence-corrected chi connectivity index (χ3v) is 5.42. The first-order valence-corrected chi connectivity index (χ1v) is 10.2. The fourth-order valence-corrected chi connectivity index (χ4v) is 3.93. The molecule has 0 aliphatic heterocycles. The number of nitrogens with one attached hydrogen (secondary N) is 1. The predicted molar refractivity (Wildman–Crippen MR) is 97.9 cm³/mol. The average Bonchev–Trinajstić information content (AvgIpc) is 3.33. The Bertz CT molecular complexity index is 529. The number of hydrogen-bond donors (Lipinski definition) is 1. The summed E-state index contributed by atoms with van der Waals surface area (Å²) in [5, 5.41) is 0. The van der Waals surface area contributed by atoms with Crippen molar-refractivity contribution in [3.8, 4) is 5.75 Å². The largest absolute Gasteiger partial charge is 0.598 e. The summed E-state index contributed by atoms with van der Waals surface area (Å²) in [5.74, 6) is 1.18. The van der Waals surface area contributed by atoms with Gasteiger partial charge in [-0.25, -0.2) is 4.39 Å². The molecule has 136 valence electrons. The Morgan fingerprint density at radius 2 is 2.08 bits per heavy atom. The normalized spacial score (nSPS) is 17.6. The second kappa shape index (κ2) is 8.54. The fraction of sp³-hybridized carbons (Fsp3) is 0.684. The zero-order valence-corrected chi connectivity index (χ0v) is 16.0. The molecule has 0 heterocycles. The van der Waals surface area contributed by atoms with Gasteiger partial charge in [0, 0.05) is 11.4 Å². The van der Waals surface area contributed by atoms with Crippen molar-refractivity contribution in [1.29, 1.82) is 0 Å². The maximum Gasteiger partial charge on any atom is 0.165 e. The van der Waals surface area contributed by atoms with E-state index in [-0.39, 0.29) is 17.3 Å². The van der Waals surface area contributed by atoms with Crippen molar-refractivity contribution in [3.05, 3.63) is 29.6 Å². The Morgan fingerprint density at radius 3 is 2.67 bits per heavy atom. The fourth-order valence-electron chi connectivity index (χ4n) is 2.51. The van der Waals surface area contributed by atoms with E-state index >= 15 is 0 Å². The topological polar surface area (TPSA) is 44.3 Å². The zero-order valence-electron chi connectivity index (χ0n) is 15.2. The lowest BCUT2D eigenvalue weighted by atomic mass is 9.83. The Hall–Kier alpha value is -0.780. The summed E-state index contributed by atoms with van der Waals surface area (Å²) in [6.07, 6.45) is 4.28. The standard InChI is InChI=1S/C19H30FNO2S/c1-5-6-11-24(22)21-18(19(2,3)4)15-9-10-16(20)17(12-15)23-13-14-7-8-14/h9-10,12,14,18,21H,5-8,11,13H2,1-4H3/t18?,24-/m0/s1. The van der Waals surface area contributed by atoms with Gasteiger partial charge in [0.25, 0.3) is 0 Å². The Balaban J connectivity index is 2.13. The summed E-state index contributed by atoms with van der Waals surface area (Å²) >= 11 is -1.09. The molecule has 0 spiro atoms. The van der Waals surface area contributed by atoms with Gasteiger partial charge in [-0.2, -0.15) is 0 Å². The molecule has 24 heavy (non-hydrogen) atoms.